The smallest absolute Gasteiger partial charge is 0.166 e. The number of Topliss-reactive ketones (excluding diaryl/α,β-unsaturated/α-hetero) is 1. The van der Waals surface area contributed by atoms with Gasteiger partial charge in [0.25, 0.3) is 0 Å². The Morgan fingerprint density at radius 2 is 1.83 bits per heavy atom. The molecule has 1 aromatic carbocycles. The summed E-state index contributed by atoms with van der Waals surface area (Å²) in [5.74, 6) is 1.27. The van der Waals surface area contributed by atoms with Crippen molar-refractivity contribution in [2.45, 2.75) is 58.8 Å². The molecular formula is C21H31NO. The van der Waals surface area contributed by atoms with Gasteiger partial charge in [-0.15, -0.1) is 0 Å². The van der Waals surface area contributed by atoms with Crippen LogP contribution in [0.5, 0.6) is 0 Å². The first-order valence-corrected chi connectivity index (χ1v) is 9.22. The third kappa shape index (κ3) is 3.32. The Morgan fingerprint density at radius 3 is 2.43 bits per heavy atom. The van der Waals surface area contributed by atoms with Crippen LogP contribution >= 0.6 is 0 Å². The van der Waals surface area contributed by atoms with Crippen LogP contribution in [0.25, 0.3) is 0 Å². The van der Waals surface area contributed by atoms with Gasteiger partial charge in [-0.25, -0.2) is 0 Å². The second-order valence-corrected chi connectivity index (χ2v) is 8.41. The van der Waals surface area contributed by atoms with E-state index in [-0.39, 0.29) is 5.92 Å². The minimum Gasteiger partial charge on any atom is -0.377 e. The Bertz CT molecular complexity index is 576. The SMILES string of the molecule is Cc1cc(C(=O)C2CCCC3(C)CCC2CC3)ccc1N(C)C. The molecule has 3 fully saturated rings. The summed E-state index contributed by atoms with van der Waals surface area (Å²) in [5, 5.41) is 0. The number of nitrogens with zero attached hydrogens (tertiary/aromatic N) is 1. The fraction of sp³-hybridized carbons (Fsp3) is 0.667. The third-order valence-electron chi connectivity index (χ3n) is 6.40. The zero-order valence-electron chi connectivity index (χ0n) is 15.2. The Morgan fingerprint density at radius 1 is 1.13 bits per heavy atom. The fourth-order valence-corrected chi connectivity index (χ4v) is 4.84. The molecule has 3 aliphatic carbocycles. The minimum absolute atomic E-state index is 0.254. The van der Waals surface area contributed by atoms with Crippen molar-refractivity contribution < 1.29 is 4.79 Å². The number of hydrogen-bond acceptors (Lipinski definition) is 2. The van der Waals surface area contributed by atoms with Gasteiger partial charge in [-0.2, -0.15) is 0 Å². The van der Waals surface area contributed by atoms with E-state index in [9.17, 15) is 4.79 Å². The molecule has 2 heteroatoms. The number of fused-ring (bicyclic) bond motifs is 5. The second-order valence-electron chi connectivity index (χ2n) is 8.41. The molecule has 0 aliphatic heterocycles. The van der Waals surface area contributed by atoms with Gasteiger partial charge >= 0.3 is 0 Å². The molecule has 0 radical (unpaired) electrons. The maximum absolute atomic E-state index is 13.2. The van der Waals surface area contributed by atoms with Crippen LogP contribution in [0, 0.1) is 24.2 Å². The maximum Gasteiger partial charge on any atom is 0.166 e. The van der Waals surface area contributed by atoms with Crippen molar-refractivity contribution in [3.63, 3.8) is 0 Å². The average molecular weight is 313 g/mol. The predicted octanol–water partition coefficient (Wildman–Crippen LogP) is 5.24. The summed E-state index contributed by atoms with van der Waals surface area (Å²) in [6.45, 7) is 4.56. The molecule has 0 saturated heterocycles. The highest BCUT2D eigenvalue weighted by atomic mass is 16.1. The van der Waals surface area contributed by atoms with Crippen molar-refractivity contribution >= 4 is 11.5 Å². The predicted molar refractivity (Wildman–Crippen MR) is 97.2 cm³/mol. The molecule has 23 heavy (non-hydrogen) atoms. The Balaban J connectivity index is 1.81. The van der Waals surface area contributed by atoms with Gasteiger partial charge < -0.3 is 4.90 Å². The number of carbonyl (C=O) groups excluding carboxylic acids is 1. The van der Waals surface area contributed by atoms with Crippen LogP contribution in [0.4, 0.5) is 5.69 Å². The van der Waals surface area contributed by atoms with E-state index in [4.69, 9.17) is 0 Å². The third-order valence-corrected chi connectivity index (χ3v) is 6.40. The first-order valence-electron chi connectivity index (χ1n) is 9.22. The zero-order valence-corrected chi connectivity index (χ0v) is 15.2. The maximum atomic E-state index is 13.2. The largest absolute Gasteiger partial charge is 0.377 e. The molecular weight excluding hydrogens is 282 g/mol. The number of rotatable bonds is 3. The van der Waals surface area contributed by atoms with Crippen LogP contribution < -0.4 is 4.90 Å². The zero-order chi connectivity index (χ0) is 16.6. The lowest BCUT2D eigenvalue weighted by Crippen LogP contribution is -2.34. The van der Waals surface area contributed by atoms with E-state index in [0.717, 1.165) is 12.0 Å². The van der Waals surface area contributed by atoms with Gasteiger partial charge in [-0.1, -0.05) is 13.3 Å². The minimum atomic E-state index is 0.254. The van der Waals surface area contributed by atoms with Crippen molar-refractivity contribution in [3.05, 3.63) is 29.3 Å². The molecule has 126 valence electrons. The molecule has 4 rings (SSSR count). The first-order chi connectivity index (χ1) is 10.9. The monoisotopic (exact) mass is 313 g/mol. The summed E-state index contributed by atoms with van der Waals surface area (Å²) in [6.07, 6.45) is 8.76. The van der Waals surface area contributed by atoms with Crippen LogP contribution in [0.15, 0.2) is 18.2 Å². The number of benzene rings is 1. The van der Waals surface area contributed by atoms with E-state index < -0.39 is 0 Å². The molecule has 0 N–H and O–H groups in total. The van der Waals surface area contributed by atoms with E-state index >= 15 is 0 Å². The second kappa shape index (κ2) is 6.30. The van der Waals surface area contributed by atoms with Crippen molar-refractivity contribution in [1.29, 1.82) is 0 Å². The first kappa shape index (κ1) is 16.5. The number of anilines is 1. The van der Waals surface area contributed by atoms with Crippen molar-refractivity contribution in [1.82, 2.24) is 0 Å². The normalized spacial score (nSPS) is 30.6. The van der Waals surface area contributed by atoms with E-state index in [1.165, 1.54) is 49.8 Å². The standard InChI is InChI=1S/C21H31NO/c1-15-14-17(7-8-19(15)22(3)4)20(23)18-6-5-11-21(2)12-9-16(18)10-13-21/h7-8,14,16,18H,5-6,9-13H2,1-4H3. The van der Waals surface area contributed by atoms with Crippen molar-refractivity contribution in [3.8, 4) is 0 Å². The molecule has 1 unspecified atom stereocenters. The highest BCUT2D eigenvalue weighted by Gasteiger charge is 2.39. The molecule has 2 nitrogen and oxygen atoms in total. The molecule has 0 aromatic heterocycles. The van der Waals surface area contributed by atoms with Gasteiger partial charge in [0.2, 0.25) is 0 Å². The molecule has 0 heterocycles. The number of ketones is 1. The summed E-state index contributed by atoms with van der Waals surface area (Å²) in [7, 11) is 4.11. The Hall–Kier alpha value is -1.31. The number of hydrogen-bond donors (Lipinski definition) is 0. The molecule has 1 atom stereocenters. The van der Waals surface area contributed by atoms with Crippen LogP contribution in [0.2, 0.25) is 0 Å². The summed E-state index contributed by atoms with van der Waals surface area (Å²) >= 11 is 0. The molecule has 3 aliphatic rings. The Kier molecular flexibility index (Phi) is 4.53. The molecule has 1 aromatic rings. The fourth-order valence-electron chi connectivity index (χ4n) is 4.84. The van der Waals surface area contributed by atoms with Crippen LogP contribution in [0.3, 0.4) is 0 Å². The summed E-state index contributed by atoms with van der Waals surface area (Å²) in [6, 6.07) is 6.24. The van der Waals surface area contributed by atoms with Gasteiger partial charge in [0.1, 0.15) is 0 Å². The highest BCUT2D eigenvalue weighted by molar-refractivity contribution is 5.98. The van der Waals surface area contributed by atoms with Crippen LogP contribution in [0.1, 0.15) is 67.8 Å². The van der Waals surface area contributed by atoms with E-state index in [2.05, 4.69) is 45.0 Å². The van der Waals surface area contributed by atoms with Crippen molar-refractivity contribution in [2.24, 2.45) is 17.3 Å². The van der Waals surface area contributed by atoms with Crippen molar-refractivity contribution in [2.75, 3.05) is 19.0 Å². The highest BCUT2D eigenvalue weighted by Crippen LogP contribution is 2.48. The summed E-state index contributed by atoms with van der Waals surface area (Å²) in [4.78, 5) is 15.3. The topological polar surface area (TPSA) is 20.3 Å². The van der Waals surface area contributed by atoms with E-state index in [1.807, 2.05) is 6.07 Å². The van der Waals surface area contributed by atoms with Crippen LogP contribution in [-0.4, -0.2) is 19.9 Å². The van der Waals surface area contributed by atoms with Gasteiger partial charge in [-0.3, -0.25) is 4.79 Å². The summed E-state index contributed by atoms with van der Waals surface area (Å²) in [5.41, 5.74) is 3.89. The quantitative estimate of drug-likeness (QED) is 0.711. The summed E-state index contributed by atoms with van der Waals surface area (Å²) < 4.78 is 0. The molecule has 0 spiro atoms. The van der Waals surface area contributed by atoms with Gasteiger partial charge in [0, 0.05) is 31.3 Å². The average Bonchev–Trinajstić information content (AvgIpc) is 2.49. The van der Waals surface area contributed by atoms with Gasteiger partial charge in [0.05, 0.1) is 0 Å². The molecule has 0 amide bonds. The van der Waals surface area contributed by atoms with Gasteiger partial charge in [-0.05, 0) is 80.5 Å². The lowest BCUT2D eigenvalue weighted by molar-refractivity contribution is 0.0633. The Labute approximate surface area is 141 Å². The number of aryl methyl sites for hydroxylation is 1. The lowest BCUT2D eigenvalue weighted by Gasteiger charge is -2.43. The number of carbonyl (C=O) groups is 1. The molecule has 3 saturated carbocycles. The lowest BCUT2D eigenvalue weighted by atomic mass is 9.62. The van der Waals surface area contributed by atoms with Crippen LogP contribution in [-0.2, 0) is 0 Å². The molecule has 2 bridgehead atoms. The van der Waals surface area contributed by atoms with Gasteiger partial charge in [0.15, 0.2) is 5.78 Å². The van der Waals surface area contributed by atoms with E-state index in [1.54, 1.807) is 0 Å². The van der Waals surface area contributed by atoms with E-state index in [0.29, 0.717) is 17.1 Å².